The number of hydrogen-bond acceptors (Lipinski definition) is 4. The van der Waals surface area contributed by atoms with E-state index in [2.05, 4.69) is 0 Å². The second-order valence-corrected chi connectivity index (χ2v) is 3.40. The number of carbonyl (C=O) groups is 2. The molecule has 0 aliphatic carbocycles. The van der Waals surface area contributed by atoms with Gasteiger partial charge in [-0.2, -0.15) is 0 Å². The fourth-order valence-corrected chi connectivity index (χ4v) is 0.758. The van der Waals surface area contributed by atoms with E-state index in [1.165, 1.54) is 0 Å². The van der Waals surface area contributed by atoms with Gasteiger partial charge in [0.2, 0.25) is 5.52 Å². The molecule has 0 saturated carbocycles. The van der Waals surface area contributed by atoms with E-state index in [9.17, 15) is 19.3 Å². The molecule has 0 aromatic rings. The Morgan fingerprint density at radius 3 is 1.92 bits per heavy atom. The van der Waals surface area contributed by atoms with Crippen LogP contribution >= 0.6 is 7.60 Å². The van der Waals surface area contributed by atoms with Gasteiger partial charge in [-0.25, -0.2) is 0 Å². The number of carboxylic acid groups (broad SMARTS) is 1. The van der Waals surface area contributed by atoms with Crippen LogP contribution in [-0.4, -0.2) is 21.3 Å². The second-order valence-electron chi connectivity index (χ2n) is 1.81. The van der Waals surface area contributed by atoms with Gasteiger partial charge in [0.15, 0.2) is 0 Å². The van der Waals surface area contributed by atoms with Crippen molar-refractivity contribution >= 4 is 19.1 Å². The van der Waals surface area contributed by atoms with Crippen LogP contribution in [-0.2, 0) is 14.2 Å². The van der Waals surface area contributed by atoms with Gasteiger partial charge in [-0.3, -0.25) is 9.36 Å². The molecule has 0 aliphatic rings. The third-order valence-electron chi connectivity index (χ3n) is 0.868. The first-order valence-electron chi connectivity index (χ1n) is 2.63. The maximum Gasteiger partial charge on any atom is 1.00 e. The molecule has 0 amide bonds. The molecule has 0 unspecified atom stereocenters. The van der Waals surface area contributed by atoms with Crippen molar-refractivity contribution in [2.24, 2.45) is 0 Å². The van der Waals surface area contributed by atoms with Crippen LogP contribution in [0.5, 0.6) is 0 Å². The van der Waals surface area contributed by atoms with Crippen molar-refractivity contribution in [1.82, 2.24) is 0 Å². The number of rotatable bonds is 4. The fourth-order valence-electron chi connectivity index (χ4n) is 0.355. The molecule has 0 aromatic carbocycles. The molecule has 0 saturated heterocycles. The Hall–Kier alpha value is 0.290. The zero-order chi connectivity index (χ0) is 9.07. The Kier molecular flexibility index (Phi) is 7.22. The van der Waals surface area contributed by atoms with E-state index in [4.69, 9.17) is 9.79 Å². The van der Waals surface area contributed by atoms with E-state index in [0.717, 1.165) is 0 Å². The van der Waals surface area contributed by atoms with Crippen molar-refractivity contribution in [3.8, 4) is 0 Å². The maximum absolute atomic E-state index is 10.3. The molecule has 0 heterocycles. The normalized spacial score (nSPS) is 10.2. The van der Waals surface area contributed by atoms with Crippen LogP contribution in [0.2, 0.25) is 0 Å². The molecule has 0 atom stereocenters. The summed E-state index contributed by atoms with van der Waals surface area (Å²) in [5.41, 5.74) is -1.37. The quantitative estimate of drug-likeness (QED) is 0.351. The molecule has 12 heavy (non-hydrogen) atoms. The van der Waals surface area contributed by atoms with E-state index in [1.807, 2.05) is 0 Å². The summed E-state index contributed by atoms with van der Waals surface area (Å²) in [6.45, 7) is 0. The van der Waals surface area contributed by atoms with Gasteiger partial charge in [0, 0.05) is 12.4 Å². The molecule has 64 valence electrons. The van der Waals surface area contributed by atoms with Crippen LogP contribution in [0.25, 0.3) is 0 Å². The SMILES string of the molecule is O=C([O-])CCC(=O)P(=O)(O)O.[Na+]. The van der Waals surface area contributed by atoms with Gasteiger partial charge in [0.05, 0.1) is 0 Å². The first kappa shape index (κ1) is 14.8. The summed E-state index contributed by atoms with van der Waals surface area (Å²) in [5.74, 6) is -1.51. The van der Waals surface area contributed by atoms with Crippen LogP contribution in [0.1, 0.15) is 12.8 Å². The Balaban J connectivity index is 0. The minimum Gasteiger partial charge on any atom is -0.550 e. The van der Waals surface area contributed by atoms with Gasteiger partial charge in [-0.05, 0) is 6.42 Å². The Morgan fingerprint density at radius 1 is 1.25 bits per heavy atom. The predicted octanol–water partition coefficient (Wildman–Crippen LogP) is -4.78. The molecule has 0 rings (SSSR count). The first-order chi connectivity index (χ1) is 4.84. The largest absolute Gasteiger partial charge is 1.00 e. The molecular weight excluding hydrogens is 198 g/mol. The van der Waals surface area contributed by atoms with E-state index in [1.54, 1.807) is 0 Å². The zero-order valence-electron chi connectivity index (χ0n) is 6.39. The average molecular weight is 204 g/mol. The maximum atomic E-state index is 10.3. The number of carbonyl (C=O) groups excluding carboxylic acids is 2. The molecular formula is C4H6NaO6P. The summed E-state index contributed by atoms with van der Waals surface area (Å²) < 4.78 is 10.1. The topological polar surface area (TPSA) is 115 Å². The van der Waals surface area contributed by atoms with Gasteiger partial charge in [0.25, 0.3) is 0 Å². The Bertz CT molecular complexity index is 220. The summed E-state index contributed by atoms with van der Waals surface area (Å²) in [6.07, 6.45) is -1.35. The minimum absolute atomic E-state index is 0. The van der Waals surface area contributed by atoms with Crippen LogP contribution < -0.4 is 34.7 Å². The van der Waals surface area contributed by atoms with Crippen LogP contribution in [0, 0.1) is 0 Å². The Morgan fingerprint density at radius 2 is 1.67 bits per heavy atom. The van der Waals surface area contributed by atoms with Gasteiger partial charge < -0.3 is 19.7 Å². The summed E-state index contributed by atoms with van der Waals surface area (Å²) >= 11 is 0. The van der Waals surface area contributed by atoms with E-state index >= 15 is 0 Å². The van der Waals surface area contributed by atoms with Crippen LogP contribution in [0.3, 0.4) is 0 Å². The third kappa shape index (κ3) is 6.97. The molecule has 6 nitrogen and oxygen atoms in total. The zero-order valence-corrected chi connectivity index (χ0v) is 9.28. The van der Waals surface area contributed by atoms with Crippen LogP contribution in [0.15, 0.2) is 0 Å². The third-order valence-corrected chi connectivity index (χ3v) is 1.74. The van der Waals surface area contributed by atoms with Gasteiger partial charge >= 0.3 is 37.2 Å². The summed E-state index contributed by atoms with van der Waals surface area (Å²) in [4.78, 5) is 36.3. The van der Waals surface area contributed by atoms with Crippen molar-refractivity contribution in [2.45, 2.75) is 12.8 Å². The number of aliphatic carboxylic acids is 1. The summed E-state index contributed by atoms with van der Waals surface area (Å²) in [5, 5.41) is 9.71. The van der Waals surface area contributed by atoms with Gasteiger partial charge in [-0.15, -0.1) is 0 Å². The van der Waals surface area contributed by atoms with E-state index in [-0.39, 0.29) is 29.6 Å². The van der Waals surface area contributed by atoms with Gasteiger partial charge in [0.1, 0.15) is 0 Å². The molecule has 0 aliphatic heterocycles. The van der Waals surface area contributed by atoms with Gasteiger partial charge in [-0.1, -0.05) is 0 Å². The Labute approximate surface area is 90.4 Å². The fraction of sp³-hybridized carbons (Fsp3) is 0.500. The first-order valence-corrected chi connectivity index (χ1v) is 4.24. The number of carboxylic acids is 1. The summed E-state index contributed by atoms with van der Waals surface area (Å²) in [6, 6.07) is 0. The van der Waals surface area contributed by atoms with Crippen molar-refractivity contribution < 1.29 is 58.6 Å². The molecule has 0 bridgehead atoms. The average Bonchev–Trinajstić information content (AvgIpc) is 1.80. The molecule has 2 N–H and O–H groups in total. The van der Waals surface area contributed by atoms with E-state index < -0.39 is 31.9 Å². The molecule has 0 aromatic heterocycles. The van der Waals surface area contributed by atoms with Crippen LogP contribution in [0.4, 0.5) is 0 Å². The second kappa shape index (κ2) is 5.85. The van der Waals surface area contributed by atoms with Crippen molar-refractivity contribution in [3.63, 3.8) is 0 Å². The standard InChI is InChI=1S/C4H7O6P.Na/c5-3(6)1-2-4(7)11(8,9)10;/h1-2H2,(H,5,6)(H2,8,9,10);/q;+1/p-1. The van der Waals surface area contributed by atoms with Crippen molar-refractivity contribution in [3.05, 3.63) is 0 Å². The predicted molar refractivity (Wildman–Crippen MR) is 31.3 cm³/mol. The van der Waals surface area contributed by atoms with Crippen molar-refractivity contribution in [1.29, 1.82) is 0 Å². The molecule has 0 radical (unpaired) electrons. The molecule has 0 fully saturated rings. The number of hydrogen-bond donors (Lipinski definition) is 2. The smallest absolute Gasteiger partial charge is 0.550 e. The minimum atomic E-state index is -4.74. The monoisotopic (exact) mass is 204 g/mol. The molecule has 8 heteroatoms. The molecule has 0 spiro atoms. The van der Waals surface area contributed by atoms with E-state index in [0.29, 0.717) is 0 Å². The summed E-state index contributed by atoms with van der Waals surface area (Å²) in [7, 11) is -4.74. The van der Waals surface area contributed by atoms with Crippen molar-refractivity contribution in [2.75, 3.05) is 0 Å².